The highest BCUT2D eigenvalue weighted by Crippen LogP contribution is 2.29. The van der Waals surface area contributed by atoms with Crippen LogP contribution in [0.3, 0.4) is 0 Å². The molecule has 0 unspecified atom stereocenters. The highest BCUT2D eigenvalue weighted by atomic mass is 32.1. The highest BCUT2D eigenvalue weighted by molar-refractivity contribution is 7.80. The van der Waals surface area contributed by atoms with Gasteiger partial charge in [0.25, 0.3) is 0 Å². The van der Waals surface area contributed by atoms with Crippen molar-refractivity contribution in [2.45, 2.75) is 26.7 Å². The zero-order chi connectivity index (χ0) is 14.6. The van der Waals surface area contributed by atoms with Crippen molar-refractivity contribution in [2.75, 3.05) is 26.2 Å². The van der Waals surface area contributed by atoms with Crippen LogP contribution in [-0.2, 0) is 0 Å². The first-order valence-corrected chi connectivity index (χ1v) is 7.62. The van der Waals surface area contributed by atoms with E-state index in [-0.39, 0.29) is 0 Å². The standard InChI is InChI=1S/C16H24N2OS/c1-16(2)6-8-18(9-7-16)10-11-19-14-5-3-4-13(12-14)15(17)20/h3-5,12H,6-11H2,1-2H3,(H2,17,20). The fraction of sp³-hybridized carbons (Fsp3) is 0.562. The van der Waals surface area contributed by atoms with Crippen LogP contribution in [0.5, 0.6) is 5.75 Å². The van der Waals surface area contributed by atoms with Gasteiger partial charge in [0.05, 0.1) is 0 Å². The minimum Gasteiger partial charge on any atom is -0.492 e. The number of likely N-dealkylation sites (tertiary alicyclic amines) is 1. The van der Waals surface area contributed by atoms with Crippen molar-refractivity contribution in [1.82, 2.24) is 4.90 Å². The number of nitrogens with zero attached hydrogens (tertiary/aromatic N) is 1. The van der Waals surface area contributed by atoms with E-state index in [2.05, 4.69) is 18.7 Å². The van der Waals surface area contributed by atoms with Gasteiger partial charge in [0, 0.05) is 12.1 Å². The van der Waals surface area contributed by atoms with Gasteiger partial charge in [-0.2, -0.15) is 0 Å². The van der Waals surface area contributed by atoms with Gasteiger partial charge >= 0.3 is 0 Å². The van der Waals surface area contributed by atoms with Gasteiger partial charge < -0.3 is 10.5 Å². The molecule has 0 spiro atoms. The number of hydrogen-bond donors (Lipinski definition) is 1. The maximum atomic E-state index is 5.79. The fourth-order valence-electron chi connectivity index (χ4n) is 2.41. The fourth-order valence-corrected chi connectivity index (χ4v) is 2.54. The van der Waals surface area contributed by atoms with Crippen molar-refractivity contribution in [1.29, 1.82) is 0 Å². The number of piperidine rings is 1. The molecule has 4 heteroatoms. The average Bonchev–Trinajstić information content (AvgIpc) is 2.41. The van der Waals surface area contributed by atoms with Crippen LogP contribution >= 0.6 is 12.2 Å². The quantitative estimate of drug-likeness (QED) is 0.847. The normalized spacial score (nSPS) is 18.7. The number of ether oxygens (including phenoxy) is 1. The highest BCUT2D eigenvalue weighted by Gasteiger charge is 2.24. The zero-order valence-electron chi connectivity index (χ0n) is 12.4. The first-order valence-electron chi connectivity index (χ1n) is 7.21. The molecule has 2 rings (SSSR count). The molecule has 0 radical (unpaired) electrons. The van der Waals surface area contributed by atoms with Gasteiger partial charge in [-0.1, -0.05) is 38.2 Å². The molecule has 1 aliphatic rings. The summed E-state index contributed by atoms with van der Waals surface area (Å²) in [6, 6.07) is 7.68. The number of nitrogens with two attached hydrogens (primary N) is 1. The van der Waals surface area contributed by atoms with Gasteiger partial charge in [-0.05, 0) is 43.5 Å². The summed E-state index contributed by atoms with van der Waals surface area (Å²) in [5.41, 5.74) is 6.98. The predicted molar refractivity (Wildman–Crippen MR) is 87.3 cm³/mol. The largest absolute Gasteiger partial charge is 0.492 e. The molecule has 1 fully saturated rings. The van der Waals surface area contributed by atoms with E-state index in [1.807, 2.05) is 24.3 Å². The molecule has 1 heterocycles. The third-order valence-corrected chi connectivity index (χ3v) is 4.24. The van der Waals surface area contributed by atoms with Gasteiger partial charge in [-0.25, -0.2) is 0 Å². The topological polar surface area (TPSA) is 38.5 Å². The molecular formula is C16H24N2OS. The lowest BCUT2D eigenvalue weighted by Gasteiger charge is -2.36. The lowest BCUT2D eigenvalue weighted by Crippen LogP contribution is -2.39. The van der Waals surface area contributed by atoms with Crippen molar-refractivity contribution in [3.63, 3.8) is 0 Å². The number of benzene rings is 1. The number of thiocarbonyl (C=S) groups is 1. The van der Waals surface area contributed by atoms with E-state index in [9.17, 15) is 0 Å². The van der Waals surface area contributed by atoms with E-state index in [0.717, 1.165) is 17.9 Å². The van der Waals surface area contributed by atoms with E-state index in [1.54, 1.807) is 0 Å². The molecule has 0 aliphatic carbocycles. The number of hydrogen-bond acceptors (Lipinski definition) is 3. The van der Waals surface area contributed by atoms with Gasteiger partial charge in [-0.3, -0.25) is 4.90 Å². The summed E-state index contributed by atoms with van der Waals surface area (Å²) < 4.78 is 5.79. The first kappa shape index (κ1) is 15.3. The Morgan fingerprint density at radius 3 is 2.70 bits per heavy atom. The Bertz CT molecular complexity index is 463. The summed E-state index contributed by atoms with van der Waals surface area (Å²) in [7, 11) is 0. The molecule has 1 saturated heterocycles. The van der Waals surface area contributed by atoms with Crippen LogP contribution in [0.25, 0.3) is 0 Å². The second-order valence-corrected chi connectivity index (χ2v) is 6.69. The summed E-state index contributed by atoms with van der Waals surface area (Å²) in [4.78, 5) is 2.89. The van der Waals surface area contributed by atoms with Gasteiger partial charge in [0.1, 0.15) is 17.3 Å². The Morgan fingerprint density at radius 1 is 1.35 bits per heavy atom. The molecule has 0 amide bonds. The van der Waals surface area contributed by atoms with Crippen LogP contribution < -0.4 is 10.5 Å². The van der Waals surface area contributed by atoms with Gasteiger partial charge in [0.2, 0.25) is 0 Å². The number of rotatable bonds is 5. The monoisotopic (exact) mass is 292 g/mol. The van der Waals surface area contributed by atoms with E-state index in [0.29, 0.717) is 17.0 Å². The molecule has 1 aromatic carbocycles. The lowest BCUT2D eigenvalue weighted by atomic mass is 9.83. The third kappa shape index (κ3) is 4.46. The Morgan fingerprint density at radius 2 is 2.05 bits per heavy atom. The van der Waals surface area contributed by atoms with E-state index < -0.39 is 0 Å². The second kappa shape index (κ2) is 6.55. The molecule has 3 nitrogen and oxygen atoms in total. The average molecular weight is 292 g/mol. The molecule has 0 atom stereocenters. The molecule has 0 saturated carbocycles. The van der Waals surface area contributed by atoms with Crippen molar-refractivity contribution >= 4 is 17.2 Å². The second-order valence-electron chi connectivity index (χ2n) is 6.25. The van der Waals surface area contributed by atoms with Crippen LogP contribution in [-0.4, -0.2) is 36.1 Å². The third-order valence-electron chi connectivity index (χ3n) is 4.00. The lowest BCUT2D eigenvalue weighted by molar-refractivity contribution is 0.116. The minimum atomic E-state index is 0.411. The van der Waals surface area contributed by atoms with E-state index in [1.165, 1.54) is 25.9 Å². The molecular weight excluding hydrogens is 268 g/mol. The molecule has 0 bridgehead atoms. The molecule has 1 aromatic rings. The maximum absolute atomic E-state index is 5.79. The zero-order valence-corrected chi connectivity index (χ0v) is 13.2. The predicted octanol–water partition coefficient (Wildman–Crippen LogP) is 2.82. The van der Waals surface area contributed by atoms with Gasteiger partial charge in [0.15, 0.2) is 0 Å². The van der Waals surface area contributed by atoms with Crippen LogP contribution in [0.15, 0.2) is 24.3 Å². The van der Waals surface area contributed by atoms with E-state index in [4.69, 9.17) is 22.7 Å². The van der Waals surface area contributed by atoms with Crippen molar-refractivity contribution in [3.8, 4) is 5.75 Å². The molecule has 110 valence electrons. The smallest absolute Gasteiger partial charge is 0.120 e. The van der Waals surface area contributed by atoms with Crippen LogP contribution in [0.4, 0.5) is 0 Å². The maximum Gasteiger partial charge on any atom is 0.120 e. The van der Waals surface area contributed by atoms with Crippen molar-refractivity contribution in [3.05, 3.63) is 29.8 Å². The minimum absolute atomic E-state index is 0.411. The summed E-state index contributed by atoms with van der Waals surface area (Å²) in [5, 5.41) is 0. The summed E-state index contributed by atoms with van der Waals surface area (Å²) in [6.45, 7) is 8.73. The summed E-state index contributed by atoms with van der Waals surface area (Å²) >= 11 is 4.97. The first-order chi connectivity index (χ1) is 9.46. The van der Waals surface area contributed by atoms with Crippen LogP contribution in [0.1, 0.15) is 32.3 Å². The summed E-state index contributed by atoms with van der Waals surface area (Å²) in [6.07, 6.45) is 2.54. The van der Waals surface area contributed by atoms with Crippen molar-refractivity contribution in [2.24, 2.45) is 11.1 Å². The van der Waals surface area contributed by atoms with Gasteiger partial charge in [-0.15, -0.1) is 0 Å². The Kier molecular flexibility index (Phi) is 5.00. The van der Waals surface area contributed by atoms with E-state index >= 15 is 0 Å². The molecule has 1 aliphatic heterocycles. The van der Waals surface area contributed by atoms with Crippen LogP contribution in [0, 0.1) is 5.41 Å². The Balaban J connectivity index is 1.76. The molecule has 2 N–H and O–H groups in total. The Labute approximate surface area is 127 Å². The SMILES string of the molecule is CC1(C)CCN(CCOc2cccc(C(N)=S)c2)CC1. The molecule has 0 aromatic heterocycles. The summed E-state index contributed by atoms with van der Waals surface area (Å²) in [5.74, 6) is 0.840. The molecule has 20 heavy (non-hydrogen) atoms. The Hall–Kier alpha value is -1.13. The van der Waals surface area contributed by atoms with Crippen molar-refractivity contribution < 1.29 is 4.74 Å². The van der Waals surface area contributed by atoms with Crippen LogP contribution in [0.2, 0.25) is 0 Å².